The molecule has 2 nitrogen and oxygen atoms in total. The summed E-state index contributed by atoms with van der Waals surface area (Å²) in [6, 6.07) is 21.1. The summed E-state index contributed by atoms with van der Waals surface area (Å²) < 4.78 is 12.5. The van der Waals surface area contributed by atoms with E-state index < -0.39 is 0 Å². The lowest BCUT2D eigenvalue weighted by atomic mass is 9.82. The number of ether oxygens (including phenoxy) is 1. The van der Waals surface area contributed by atoms with Crippen molar-refractivity contribution >= 4 is 28.0 Å². The Morgan fingerprint density at radius 2 is 1.62 bits per heavy atom. The van der Waals surface area contributed by atoms with Crippen LogP contribution >= 0.6 is 0 Å². The van der Waals surface area contributed by atoms with Crippen molar-refractivity contribution in [2.75, 3.05) is 0 Å². The van der Waals surface area contributed by atoms with E-state index in [0.29, 0.717) is 0 Å². The van der Waals surface area contributed by atoms with Crippen LogP contribution in [0.2, 0.25) is 0 Å². The molecule has 4 aromatic rings. The van der Waals surface area contributed by atoms with Crippen molar-refractivity contribution in [1.29, 1.82) is 0 Å². The van der Waals surface area contributed by atoms with Crippen LogP contribution in [0.4, 0.5) is 0 Å². The topological polar surface area (TPSA) is 22.4 Å². The van der Waals surface area contributed by atoms with Gasteiger partial charge < -0.3 is 9.15 Å². The van der Waals surface area contributed by atoms with Gasteiger partial charge in [0, 0.05) is 16.3 Å². The molecule has 0 amide bonds. The SMILES string of the molecule is C1=CC2Oc3c(ccc4c3oc3ccccc34)C2c2ccccc21. The summed E-state index contributed by atoms with van der Waals surface area (Å²) in [4.78, 5) is 0. The zero-order valence-corrected chi connectivity index (χ0v) is 12.9. The van der Waals surface area contributed by atoms with Crippen LogP contribution in [0.25, 0.3) is 28.0 Å². The third-order valence-corrected chi connectivity index (χ3v) is 5.25. The molecule has 24 heavy (non-hydrogen) atoms. The summed E-state index contributed by atoms with van der Waals surface area (Å²) in [5, 5.41) is 2.27. The molecule has 0 N–H and O–H groups in total. The van der Waals surface area contributed by atoms with Gasteiger partial charge in [0.2, 0.25) is 0 Å². The lowest BCUT2D eigenvalue weighted by molar-refractivity contribution is 0.267. The van der Waals surface area contributed by atoms with Crippen LogP contribution in [-0.2, 0) is 0 Å². The summed E-state index contributed by atoms with van der Waals surface area (Å²) in [6.45, 7) is 0. The molecule has 2 aliphatic rings. The Balaban J connectivity index is 1.66. The molecule has 1 aliphatic carbocycles. The number of rotatable bonds is 0. The molecule has 2 heterocycles. The van der Waals surface area contributed by atoms with Crippen molar-refractivity contribution in [3.05, 3.63) is 83.4 Å². The van der Waals surface area contributed by atoms with Gasteiger partial charge in [-0.15, -0.1) is 0 Å². The molecule has 2 atom stereocenters. The highest BCUT2D eigenvalue weighted by Crippen LogP contribution is 2.50. The van der Waals surface area contributed by atoms with Gasteiger partial charge in [-0.3, -0.25) is 0 Å². The molecule has 2 heteroatoms. The van der Waals surface area contributed by atoms with E-state index in [0.717, 1.165) is 27.7 Å². The number of benzene rings is 3. The predicted molar refractivity (Wildman–Crippen MR) is 95.5 cm³/mol. The van der Waals surface area contributed by atoms with Crippen LogP contribution in [0.1, 0.15) is 22.6 Å². The largest absolute Gasteiger partial charge is 0.481 e. The van der Waals surface area contributed by atoms with E-state index in [1.54, 1.807) is 0 Å². The Morgan fingerprint density at radius 3 is 2.62 bits per heavy atom. The van der Waals surface area contributed by atoms with Crippen molar-refractivity contribution < 1.29 is 9.15 Å². The molecule has 3 aromatic carbocycles. The van der Waals surface area contributed by atoms with E-state index in [4.69, 9.17) is 9.15 Å². The molecule has 114 valence electrons. The van der Waals surface area contributed by atoms with Crippen LogP contribution in [-0.4, -0.2) is 6.10 Å². The molecule has 1 aromatic heterocycles. The van der Waals surface area contributed by atoms with Crippen molar-refractivity contribution in [2.24, 2.45) is 0 Å². The Hall–Kier alpha value is -3.00. The molecule has 0 bridgehead atoms. The Morgan fingerprint density at radius 1 is 0.750 bits per heavy atom. The highest BCUT2D eigenvalue weighted by Gasteiger charge is 2.38. The van der Waals surface area contributed by atoms with Crippen LogP contribution in [0, 0.1) is 0 Å². The molecule has 6 rings (SSSR count). The average Bonchev–Trinajstić information content (AvgIpc) is 3.20. The second kappa shape index (κ2) is 4.30. The Labute approximate surface area is 139 Å². The smallest absolute Gasteiger partial charge is 0.177 e. The Kier molecular flexibility index (Phi) is 2.22. The molecular formula is C22H14O2. The maximum Gasteiger partial charge on any atom is 0.177 e. The molecule has 0 saturated heterocycles. The molecule has 0 fully saturated rings. The normalized spacial score (nSPS) is 20.7. The Bertz CT molecular complexity index is 1150. The first-order chi connectivity index (χ1) is 11.9. The second-order valence-corrected chi connectivity index (χ2v) is 6.51. The summed E-state index contributed by atoms with van der Waals surface area (Å²) in [5.41, 5.74) is 5.62. The minimum atomic E-state index is 0.0497. The highest BCUT2D eigenvalue weighted by molar-refractivity contribution is 6.07. The summed E-state index contributed by atoms with van der Waals surface area (Å²) in [6.07, 6.45) is 4.38. The van der Waals surface area contributed by atoms with Gasteiger partial charge >= 0.3 is 0 Å². The van der Waals surface area contributed by atoms with Crippen molar-refractivity contribution in [3.63, 3.8) is 0 Å². The average molecular weight is 310 g/mol. The van der Waals surface area contributed by atoms with Crippen molar-refractivity contribution in [3.8, 4) is 5.75 Å². The summed E-state index contributed by atoms with van der Waals surface area (Å²) >= 11 is 0. The first kappa shape index (κ1) is 12.4. The van der Waals surface area contributed by atoms with Crippen LogP contribution in [0.5, 0.6) is 5.75 Å². The van der Waals surface area contributed by atoms with Crippen molar-refractivity contribution in [2.45, 2.75) is 12.0 Å². The second-order valence-electron chi connectivity index (χ2n) is 6.51. The molecular weight excluding hydrogens is 296 g/mol. The zero-order valence-electron chi connectivity index (χ0n) is 12.9. The van der Waals surface area contributed by atoms with Crippen LogP contribution < -0.4 is 4.74 Å². The third-order valence-electron chi connectivity index (χ3n) is 5.25. The fourth-order valence-electron chi connectivity index (χ4n) is 4.17. The third kappa shape index (κ3) is 1.46. The number of para-hydroxylation sites is 1. The van der Waals surface area contributed by atoms with E-state index >= 15 is 0 Å². The summed E-state index contributed by atoms with van der Waals surface area (Å²) in [5.74, 6) is 1.15. The standard InChI is InChI=1S/C22H14O2/c1-2-6-14-13(5-1)9-12-19-20(14)17-11-10-16-15-7-3-4-8-18(15)23-21(16)22(17)24-19/h1-12,19-20H. The first-order valence-electron chi connectivity index (χ1n) is 8.28. The minimum Gasteiger partial charge on any atom is -0.481 e. The fraction of sp³-hybridized carbons (Fsp3) is 0.0909. The maximum absolute atomic E-state index is 6.33. The number of hydrogen-bond acceptors (Lipinski definition) is 2. The number of hydrogen-bond donors (Lipinski definition) is 0. The molecule has 1 aliphatic heterocycles. The molecule has 0 spiro atoms. The first-order valence-corrected chi connectivity index (χ1v) is 8.28. The van der Waals surface area contributed by atoms with E-state index in [9.17, 15) is 0 Å². The minimum absolute atomic E-state index is 0.0497. The number of fused-ring (bicyclic) bond motifs is 9. The van der Waals surface area contributed by atoms with Gasteiger partial charge in [0.1, 0.15) is 11.7 Å². The van der Waals surface area contributed by atoms with Crippen LogP contribution in [0.3, 0.4) is 0 Å². The molecule has 0 saturated carbocycles. The van der Waals surface area contributed by atoms with Crippen LogP contribution in [0.15, 0.2) is 71.2 Å². The maximum atomic E-state index is 6.33. The van der Waals surface area contributed by atoms with Gasteiger partial charge in [-0.05, 0) is 29.3 Å². The highest BCUT2D eigenvalue weighted by atomic mass is 16.5. The lowest BCUT2D eigenvalue weighted by Gasteiger charge is -2.22. The number of furan rings is 1. The van der Waals surface area contributed by atoms with E-state index in [2.05, 4.69) is 54.6 Å². The quantitative estimate of drug-likeness (QED) is 0.427. The predicted octanol–water partition coefficient (Wildman–Crippen LogP) is 5.51. The van der Waals surface area contributed by atoms with E-state index in [1.807, 2.05) is 18.2 Å². The van der Waals surface area contributed by atoms with Gasteiger partial charge in [-0.2, -0.15) is 0 Å². The monoisotopic (exact) mass is 310 g/mol. The van der Waals surface area contributed by atoms with Gasteiger partial charge in [0.15, 0.2) is 11.3 Å². The zero-order chi connectivity index (χ0) is 15.7. The van der Waals surface area contributed by atoms with E-state index in [-0.39, 0.29) is 12.0 Å². The lowest BCUT2D eigenvalue weighted by Crippen LogP contribution is -2.20. The van der Waals surface area contributed by atoms with Gasteiger partial charge in [0.05, 0.1) is 5.92 Å². The molecule has 2 unspecified atom stereocenters. The van der Waals surface area contributed by atoms with Gasteiger partial charge in [-0.25, -0.2) is 0 Å². The van der Waals surface area contributed by atoms with Gasteiger partial charge in [-0.1, -0.05) is 54.6 Å². The van der Waals surface area contributed by atoms with Gasteiger partial charge in [0.25, 0.3) is 0 Å². The molecule has 0 radical (unpaired) electrons. The summed E-state index contributed by atoms with van der Waals surface area (Å²) in [7, 11) is 0. The van der Waals surface area contributed by atoms with Crippen molar-refractivity contribution in [1.82, 2.24) is 0 Å². The fourth-order valence-corrected chi connectivity index (χ4v) is 4.17. The van der Waals surface area contributed by atoms with E-state index in [1.165, 1.54) is 16.7 Å².